The molecule has 3 aromatic rings. The number of piperidine rings is 1. The lowest BCUT2D eigenvalue weighted by Gasteiger charge is -2.33. The standard InChI is InChI=1S/C18H21N7/c1-2-16-22-7-9-25(16)18-12-20-10-15(23-18)14-4-3-8-24(13-14)17-11-19-5-6-21-17/h5-7,9-12,14H,2-4,8,13H2,1H3. The van der Waals surface area contributed by atoms with Gasteiger partial charge >= 0.3 is 0 Å². The molecule has 0 bridgehead atoms. The maximum atomic E-state index is 4.87. The van der Waals surface area contributed by atoms with Crippen molar-refractivity contribution in [2.24, 2.45) is 0 Å². The molecule has 1 aliphatic rings. The van der Waals surface area contributed by atoms with E-state index in [-0.39, 0.29) is 0 Å². The number of aromatic nitrogens is 6. The summed E-state index contributed by atoms with van der Waals surface area (Å²) >= 11 is 0. The third-order valence-electron chi connectivity index (χ3n) is 4.63. The van der Waals surface area contributed by atoms with Crippen LogP contribution in [0.25, 0.3) is 5.82 Å². The summed E-state index contributed by atoms with van der Waals surface area (Å²) in [5.74, 6) is 3.11. The van der Waals surface area contributed by atoms with Gasteiger partial charge in [-0.3, -0.25) is 14.5 Å². The Balaban J connectivity index is 1.58. The van der Waals surface area contributed by atoms with Crippen molar-refractivity contribution < 1.29 is 0 Å². The Morgan fingerprint density at radius 3 is 2.80 bits per heavy atom. The lowest BCUT2D eigenvalue weighted by Crippen LogP contribution is -2.35. The van der Waals surface area contributed by atoms with E-state index < -0.39 is 0 Å². The van der Waals surface area contributed by atoms with E-state index in [2.05, 4.69) is 31.8 Å². The molecule has 1 aliphatic heterocycles. The highest BCUT2D eigenvalue weighted by Gasteiger charge is 2.24. The Bertz CT molecular complexity index is 830. The number of imidazole rings is 1. The molecule has 0 radical (unpaired) electrons. The van der Waals surface area contributed by atoms with Gasteiger partial charge in [-0.1, -0.05) is 6.92 Å². The second kappa shape index (κ2) is 6.96. The van der Waals surface area contributed by atoms with Gasteiger partial charge in [-0.2, -0.15) is 0 Å². The summed E-state index contributed by atoms with van der Waals surface area (Å²) in [5, 5.41) is 0. The molecule has 0 spiro atoms. The third kappa shape index (κ3) is 3.22. The summed E-state index contributed by atoms with van der Waals surface area (Å²) < 4.78 is 2.01. The number of nitrogens with zero attached hydrogens (tertiary/aromatic N) is 7. The van der Waals surface area contributed by atoms with Crippen LogP contribution in [0.2, 0.25) is 0 Å². The third-order valence-corrected chi connectivity index (χ3v) is 4.63. The van der Waals surface area contributed by atoms with E-state index >= 15 is 0 Å². The highest BCUT2D eigenvalue weighted by atomic mass is 15.2. The van der Waals surface area contributed by atoms with Crippen molar-refractivity contribution in [2.75, 3.05) is 18.0 Å². The monoisotopic (exact) mass is 335 g/mol. The van der Waals surface area contributed by atoms with Crippen molar-refractivity contribution >= 4 is 5.82 Å². The molecule has 0 aromatic carbocycles. The van der Waals surface area contributed by atoms with Crippen LogP contribution in [0.1, 0.15) is 37.2 Å². The van der Waals surface area contributed by atoms with Gasteiger partial charge in [0.05, 0.1) is 18.1 Å². The van der Waals surface area contributed by atoms with E-state index in [0.717, 1.165) is 55.5 Å². The van der Waals surface area contributed by atoms with Gasteiger partial charge in [0, 0.05) is 56.4 Å². The Morgan fingerprint density at radius 2 is 1.96 bits per heavy atom. The zero-order valence-electron chi connectivity index (χ0n) is 14.3. The van der Waals surface area contributed by atoms with Crippen molar-refractivity contribution in [1.29, 1.82) is 0 Å². The van der Waals surface area contributed by atoms with E-state index in [1.165, 1.54) is 0 Å². The second-order valence-electron chi connectivity index (χ2n) is 6.22. The minimum atomic E-state index is 0.344. The Labute approximate surface area is 146 Å². The summed E-state index contributed by atoms with van der Waals surface area (Å²) in [5.41, 5.74) is 1.03. The summed E-state index contributed by atoms with van der Waals surface area (Å²) in [6.07, 6.45) is 15.8. The maximum absolute atomic E-state index is 4.87. The maximum Gasteiger partial charge on any atom is 0.156 e. The van der Waals surface area contributed by atoms with Gasteiger partial charge < -0.3 is 4.90 Å². The lowest BCUT2D eigenvalue weighted by atomic mass is 9.95. The van der Waals surface area contributed by atoms with E-state index in [9.17, 15) is 0 Å². The minimum absolute atomic E-state index is 0.344. The first-order valence-electron chi connectivity index (χ1n) is 8.70. The van der Waals surface area contributed by atoms with Crippen molar-refractivity contribution in [1.82, 2.24) is 29.5 Å². The Hall–Kier alpha value is -2.83. The zero-order chi connectivity index (χ0) is 17.1. The first-order chi connectivity index (χ1) is 12.3. The van der Waals surface area contributed by atoms with Crippen LogP contribution in [-0.4, -0.2) is 42.6 Å². The van der Waals surface area contributed by atoms with Crippen molar-refractivity contribution in [3.05, 3.63) is 54.9 Å². The van der Waals surface area contributed by atoms with Gasteiger partial charge in [-0.15, -0.1) is 0 Å². The van der Waals surface area contributed by atoms with Gasteiger partial charge in [0.1, 0.15) is 11.6 Å². The molecule has 128 valence electrons. The topological polar surface area (TPSA) is 72.6 Å². The average Bonchev–Trinajstić information content (AvgIpc) is 3.18. The molecule has 4 heterocycles. The molecule has 0 saturated carbocycles. The average molecular weight is 335 g/mol. The SMILES string of the molecule is CCc1nccn1-c1cncc(C2CCCN(c3cnccn3)C2)n1. The van der Waals surface area contributed by atoms with Crippen molar-refractivity contribution in [2.45, 2.75) is 32.1 Å². The molecule has 1 fully saturated rings. The van der Waals surface area contributed by atoms with Gasteiger partial charge in [-0.05, 0) is 12.8 Å². The molecule has 3 aromatic heterocycles. The van der Waals surface area contributed by atoms with E-state index in [1.807, 2.05) is 29.4 Å². The number of anilines is 1. The summed E-state index contributed by atoms with van der Waals surface area (Å²) in [6.45, 7) is 3.99. The molecule has 25 heavy (non-hydrogen) atoms. The van der Waals surface area contributed by atoms with E-state index in [4.69, 9.17) is 4.98 Å². The fraction of sp³-hybridized carbons (Fsp3) is 0.389. The molecular weight excluding hydrogens is 314 g/mol. The Kier molecular flexibility index (Phi) is 4.37. The highest BCUT2D eigenvalue weighted by Crippen LogP contribution is 2.28. The summed E-state index contributed by atoms with van der Waals surface area (Å²) in [7, 11) is 0. The highest BCUT2D eigenvalue weighted by molar-refractivity contribution is 5.37. The predicted molar refractivity (Wildman–Crippen MR) is 94.8 cm³/mol. The van der Waals surface area contributed by atoms with Gasteiger partial charge in [0.2, 0.25) is 0 Å². The molecule has 1 atom stereocenters. The quantitative estimate of drug-likeness (QED) is 0.729. The molecule has 0 aliphatic carbocycles. The minimum Gasteiger partial charge on any atom is -0.355 e. The summed E-state index contributed by atoms with van der Waals surface area (Å²) in [4.78, 5) is 24.6. The van der Waals surface area contributed by atoms with Crippen LogP contribution in [0.15, 0.2) is 43.4 Å². The van der Waals surface area contributed by atoms with Crippen LogP contribution < -0.4 is 4.90 Å². The van der Waals surface area contributed by atoms with Crippen LogP contribution in [-0.2, 0) is 6.42 Å². The molecule has 0 N–H and O–H groups in total. The van der Waals surface area contributed by atoms with Crippen LogP contribution in [0.3, 0.4) is 0 Å². The normalized spacial score (nSPS) is 17.6. The number of rotatable bonds is 4. The van der Waals surface area contributed by atoms with Crippen LogP contribution >= 0.6 is 0 Å². The van der Waals surface area contributed by atoms with Crippen LogP contribution in [0, 0.1) is 0 Å². The fourth-order valence-corrected chi connectivity index (χ4v) is 3.37. The van der Waals surface area contributed by atoms with Crippen LogP contribution in [0.5, 0.6) is 0 Å². The van der Waals surface area contributed by atoms with Gasteiger partial charge in [-0.25, -0.2) is 15.0 Å². The second-order valence-corrected chi connectivity index (χ2v) is 6.22. The summed E-state index contributed by atoms with van der Waals surface area (Å²) in [6, 6.07) is 0. The molecule has 7 heteroatoms. The first-order valence-corrected chi connectivity index (χ1v) is 8.70. The smallest absolute Gasteiger partial charge is 0.156 e. The molecular formula is C18H21N7. The molecule has 1 unspecified atom stereocenters. The lowest BCUT2D eigenvalue weighted by molar-refractivity contribution is 0.496. The predicted octanol–water partition coefficient (Wildman–Crippen LogP) is 2.40. The van der Waals surface area contributed by atoms with Crippen LogP contribution in [0.4, 0.5) is 5.82 Å². The molecule has 0 amide bonds. The number of aryl methyl sites for hydroxylation is 1. The van der Waals surface area contributed by atoms with E-state index in [1.54, 1.807) is 18.6 Å². The van der Waals surface area contributed by atoms with Crippen molar-refractivity contribution in [3.63, 3.8) is 0 Å². The van der Waals surface area contributed by atoms with Crippen molar-refractivity contribution in [3.8, 4) is 5.82 Å². The Morgan fingerprint density at radius 1 is 1.04 bits per heavy atom. The van der Waals surface area contributed by atoms with Gasteiger partial charge in [0.25, 0.3) is 0 Å². The number of hydrogen-bond acceptors (Lipinski definition) is 6. The first kappa shape index (κ1) is 15.7. The fourth-order valence-electron chi connectivity index (χ4n) is 3.37. The molecule has 7 nitrogen and oxygen atoms in total. The van der Waals surface area contributed by atoms with Gasteiger partial charge in [0.15, 0.2) is 5.82 Å². The largest absolute Gasteiger partial charge is 0.355 e. The molecule has 4 rings (SSSR count). The van der Waals surface area contributed by atoms with E-state index in [0.29, 0.717) is 5.92 Å². The number of hydrogen-bond donors (Lipinski definition) is 0. The zero-order valence-corrected chi connectivity index (χ0v) is 14.3. The molecule has 1 saturated heterocycles.